The lowest BCUT2D eigenvalue weighted by atomic mass is 10.2. The Balaban J connectivity index is 1.33. The Morgan fingerprint density at radius 3 is 2.70 bits per heavy atom. The molecule has 0 N–H and O–H groups in total. The number of rotatable bonds is 8. The Morgan fingerprint density at radius 2 is 1.87 bits per heavy atom. The minimum Gasteiger partial charge on any atom is -0.497 e. The minimum absolute atomic E-state index is 0.163. The molecule has 0 aliphatic carbocycles. The monoisotopic (exact) mass is 444 g/mol. The molecule has 0 saturated heterocycles. The number of hydrogen-bond acceptors (Lipinski definition) is 9. The highest BCUT2D eigenvalue weighted by Gasteiger charge is 2.13. The van der Waals surface area contributed by atoms with E-state index in [1.807, 2.05) is 37.3 Å². The first kappa shape index (κ1) is 20.2. The van der Waals surface area contributed by atoms with E-state index in [1.165, 1.54) is 11.8 Å². The zero-order chi connectivity index (χ0) is 20.9. The molecule has 30 heavy (non-hydrogen) atoms. The highest BCUT2D eigenvalue weighted by molar-refractivity contribution is 7.98. The van der Waals surface area contributed by atoms with E-state index in [0.717, 1.165) is 16.9 Å². The number of halogens is 1. The summed E-state index contributed by atoms with van der Waals surface area (Å²) in [7, 11) is 1.61. The van der Waals surface area contributed by atoms with Crippen LogP contribution < -0.4 is 9.47 Å². The fourth-order valence-electron chi connectivity index (χ4n) is 2.58. The Hall–Kier alpha value is -3.04. The molecule has 154 valence electrons. The molecule has 4 rings (SSSR count). The SMILES string of the molecule is COc1cccc(-c2nnc(CSc3nnc(COc4ccc(Cl)cc4C)o3)o2)c1. The summed E-state index contributed by atoms with van der Waals surface area (Å²) in [5.74, 6) is 3.07. The highest BCUT2D eigenvalue weighted by atomic mass is 35.5. The van der Waals surface area contributed by atoms with Crippen molar-refractivity contribution in [2.75, 3.05) is 7.11 Å². The van der Waals surface area contributed by atoms with E-state index >= 15 is 0 Å². The van der Waals surface area contributed by atoms with Crippen LogP contribution in [0.4, 0.5) is 0 Å². The molecule has 4 aromatic rings. The van der Waals surface area contributed by atoms with Crippen LogP contribution in [0.25, 0.3) is 11.5 Å². The maximum Gasteiger partial charge on any atom is 0.277 e. The van der Waals surface area contributed by atoms with Crippen LogP contribution in [0.1, 0.15) is 17.3 Å². The molecule has 2 aromatic carbocycles. The summed E-state index contributed by atoms with van der Waals surface area (Å²) in [6.07, 6.45) is 0. The van der Waals surface area contributed by atoms with E-state index in [2.05, 4.69) is 20.4 Å². The molecular formula is C20H17ClN4O4S. The fraction of sp³-hybridized carbons (Fsp3) is 0.200. The summed E-state index contributed by atoms with van der Waals surface area (Å²) in [5, 5.41) is 17.2. The van der Waals surface area contributed by atoms with Crippen LogP contribution in [0.2, 0.25) is 5.02 Å². The average molecular weight is 445 g/mol. The summed E-state index contributed by atoms with van der Waals surface area (Å²) >= 11 is 7.25. The molecule has 0 bridgehead atoms. The number of methoxy groups -OCH3 is 1. The van der Waals surface area contributed by atoms with E-state index in [1.54, 1.807) is 19.2 Å². The van der Waals surface area contributed by atoms with E-state index in [4.69, 9.17) is 29.9 Å². The van der Waals surface area contributed by atoms with Gasteiger partial charge in [-0.05, 0) is 48.9 Å². The van der Waals surface area contributed by atoms with Gasteiger partial charge in [-0.3, -0.25) is 0 Å². The molecule has 0 fully saturated rings. The number of aromatic nitrogens is 4. The fourth-order valence-corrected chi connectivity index (χ4v) is 3.42. The predicted molar refractivity (Wildman–Crippen MR) is 111 cm³/mol. The zero-order valence-electron chi connectivity index (χ0n) is 16.2. The molecule has 0 aliphatic heterocycles. The van der Waals surface area contributed by atoms with Crippen molar-refractivity contribution in [2.45, 2.75) is 24.5 Å². The van der Waals surface area contributed by atoms with E-state index in [9.17, 15) is 0 Å². The molecule has 0 unspecified atom stereocenters. The van der Waals surface area contributed by atoms with Crippen LogP contribution in [0, 0.1) is 6.92 Å². The molecular weight excluding hydrogens is 428 g/mol. The van der Waals surface area contributed by atoms with Crippen molar-refractivity contribution >= 4 is 23.4 Å². The van der Waals surface area contributed by atoms with Gasteiger partial charge in [-0.2, -0.15) is 0 Å². The van der Waals surface area contributed by atoms with E-state index < -0.39 is 0 Å². The van der Waals surface area contributed by atoms with Gasteiger partial charge in [0, 0.05) is 10.6 Å². The number of benzene rings is 2. The molecule has 0 atom stereocenters. The van der Waals surface area contributed by atoms with Gasteiger partial charge in [-0.15, -0.1) is 20.4 Å². The standard InChI is InChI=1S/C20H17ClN4O4S/c1-12-8-14(21)6-7-16(12)27-10-17-22-25-20(29-17)30-11-18-23-24-19(28-18)13-4-3-5-15(9-13)26-2/h3-9H,10-11H2,1-2H3. The van der Waals surface area contributed by atoms with Crippen LogP contribution in [0.5, 0.6) is 11.5 Å². The third kappa shape index (κ3) is 4.92. The second kappa shape index (κ2) is 9.19. The van der Waals surface area contributed by atoms with Gasteiger partial charge in [-0.1, -0.05) is 29.4 Å². The smallest absolute Gasteiger partial charge is 0.277 e. The van der Waals surface area contributed by atoms with Crippen LogP contribution in [0.15, 0.2) is 56.5 Å². The van der Waals surface area contributed by atoms with Crippen LogP contribution in [-0.2, 0) is 12.4 Å². The van der Waals surface area contributed by atoms with E-state index in [-0.39, 0.29) is 6.61 Å². The van der Waals surface area contributed by atoms with Crippen molar-refractivity contribution in [3.05, 3.63) is 64.8 Å². The third-order valence-corrected chi connectivity index (χ3v) is 5.08. The number of aryl methyl sites for hydroxylation is 1. The first-order valence-electron chi connectivity index (χ1n) is 8.91. The van der Waals surface area contributed by atoms with Crippen LogP contribution in [0.3, 0.4) is 0 Å². The zero-order valence-corrected chi connectivity index (χ0v) is 17.7. The molecule has 10 heteroatoms. The Kier molecular flexibility index (Phi) is 6.20. The molecule has 0 amide bonds. The van der Waals surface area contributed by atoms with Crippen molar-refractivity contribution < 1.29 is 18.3 Å². The highest BCUT2D eigenvalue weighted by Crippen LogP contribution is 2.26. The third-order valence-electron chi connectivity index (χ3n) is 4.04. The number of ether oxygens (including phenoxy) is 2. The van der Waals surface area contributed by atoms with Crippen molar-refractivity contribution in [3.8, 4) is 23.0 Å². The summed E-state index contributed by atoms with van der Waals surface area (Å²) in [6, 6.07) is 12.8. The average Bonchev–Trinajstić information content (AvgIpc) is 3.41. The van der Waals surface area contributed by atoms with Gasteiger partial charge in [0.2, 0.25) is 11.8 Å². The summed E-state index contributed by atoms with van der Waals surface area (Å²) in [5.41, 5.74) is 1.72. The predicted octanol–water partition coefficient (Wildman–Crippen LogP) is 4.96. The number of thioether (sulfide) groups is 1. The quantitative estimate of drug-likeness (QED) is 0.349. The molecule has 0 spiro atoms. The van der Waals surface area contributed by atoms with Crippen molar-refractivity contribution in [3.63, 3.8) is 0 Å². The van der Waals surface area contributed by atoms with Gasteiger partial charge < -0.3 is 18.3 Å². The summed E-state index contributed by atoms with van der Waals surface area (Å²) in [4.78, 5) is 0. The lowest BCUT2D eigenvalue weighted by Crippen LogP contribution is -1.97. The summed E-state index contributed by atoms with van der Waals surface area (Å²) < 4.78 is 22.2. The van der Waals surface area contributed by atoms with Gasteiger partial charge in [0.25, 0.3) is 11.1 Å². The van der Waals surface area contributed by atoms with E-state index in [0.29, 0.717) is 39.4 Å². The first-order valence-corrected chi connectivity index (χ1v) is 10.3. The maximum absolute atomic E-state index is 5.95. The molecule has 0 aliphatic rings. The second-order valence-electron chi connectivity index (χ2n) is 6.18. The van der Waals surface area contributed by atoms with Gasteiger partial charge >= 0.3 is 0 Å². The Bertz CT molecular complexity index is 1150. The van der Waals surface area contributed by atoms with Crippen LogP contribution >= 0.6 is 23.4 Å². The summed E-state index contributed by atoms with van der Waals surface area (Å²) in [6.45, 7) is 2.08. The largest absolute Gasteiger partial charge is 0.497 e. The maximum atomic E-state index is 5.95. The van der Waals surface area contributed by atoms with Crippen molar-refractivity contribution in [1.29, 1.82) is 0 Å². The first-order chi connectivity index (χ1) is 14.6. The van der Waals surface area contributed by atoms with Gasteiger partial charge in [0.05, 0.1) is 12.9 Å². The Morgan fingerprint density at radius 1 is 1.00 bits per heavy atom. The van der Waals surface area contributed by atoms with Gasteiger partial charge in [-0.25, -0.2) is 0 Å². The number of hydrogen-bond donors (Lipinski definition) is 0. The van der Waals surface area contributed by atoms with Crippen molar-refractivity contribution in [2.24, 2.45) is 0 Å². The Labute approximate surface area is 181 Å². The number of nitrogens with zero attached hydrogens (tertiary/aromatic N) is 4. The molecule has 2 aromatic heterocycles. The second-order valence-corrected chi connectivity index (χ2v) is 7.54. The molecule has 2 heterocycles. The lowest BCUT2D eigenvalue weighted by Gasteiger charge is -2.06. The molecule has 8 nitrogen and oxygen atoms in total. The molecule has 0 radical (unpaired) electrons. The topological polar surface area (TPSA) is 96.3 Å². The van der Waals surface area contributed by atoms with Crippen LogP contribution in [-0.4, -0.2) is 27.5 Å². The minimum atomic E-state index is 0.163. The van der Waals surface area contributed by atoms with Gasteiger partial charge in [0.15, 0.2) is 6.61 Å². The molecule has 0 saturated carbocycles. The van der Waals surface area contributed by atoms with Gasteiger partial charge in [0.1, 0.15) is 11.5 Å². The lowest BCUT2D eigenvalue weighted by molar-refractivity contribution is 0.250. The van der Waals surface area contributed by atoms with Crippen molar-refractivity contribution in [1.82, 2.24) is 20.4 Å². The normalized spacial score (nSPS) is 10.9.